The summed E-state index contributed by atoms with van der Waals surface area (Å²) >= 11 is 0.466. The highest BCUT2D eigenvalue weighted by Crippen LogP contribution is 2.53. The molecule has 0 spiro atoms. The summed E-state index contributed by atoms with van der Waals surface area (Å²) in [5.41, 5.74) is 2.22. The van der Waals surface area contributed by atoms with Gasteiger partial charge in [0.2, 0.25) is 0 Å². The summed E-state index contributed by atoms with van der Waals surface area (Å²) in [6.45, 7) is 6.71. The highest BCUT2D eigenvalue weighted by Gasteiger charge is 2.30. The molecule has 0 atom stereocenters. The minimum absolute atomic E-state index is 0.168. The molecule has 3 aromatic carbocycles. The van der Waals surface area contributed by atoms with Crippen LogP contribution in [0.25, 0.3) is 11.5 Å². The molecule has 1 amide bonds. The third-order valence-corrected chi connectivity index (χ3v) is 9.76. The van der Waals surface area contributed by atoms with Gasteiger partial charge in [0, 0.05) is 33.3 Å². The van der Waals surface area contributed by atoms with Crippen LogP contribution in [0, 0.1) is 0 Å². The molecule has 2 N–H and O–H groups in total. The molecule has 6 nitrogen and oxygen atoms in total. The molecular formula is C31H35F2N3O3PS+. The Balaban J connectivity index is 1.45. The van der Waals surface area contributed by atoms with Crippen LogP contribution in [0.3, 0.4) is 0 Å². The molecule has 0 saturated heterocycles. The predicted octanol–water partition coefficient (Wildman–Crippen LogP) is 7.69. The lowest BCUT2D eigenvalue weighted by molar-refractivity contribution is -0.916. The summed E-state index contributed by atoms with van der Waals surface area (Å²) in [6.07, 6.45) is 0. The number of carbonyl (C=O) groups excluding carboxylic acids is 1. The second-order valence-electron chi connectivity index (χ2n) is 9.75. The molecule has 0 radical (unpaired) electrons. The van der Waals surface area contributed by atoms with Crippen LogP contribution in [0.2, 0.25) is 0 Å². The van der Waals surface area contributed by atoms with E-state index in [0.29, 0.717) is 64.5 Å². The standard InChI is InChI=1S/C31H34F2N3O3PS/c1-3-36(4-2,21-30(37)35-26-15-17-27(18-16-26)41-31(32)33)20-19-34-40(38)22-28(24-11-7-5-8-12-24)39-29(23-40)25-13-9-6-10-14-25/h5-18,22-23,31H,3-4,19-21H2,1-2H3,(H-,34,35,37,38)/p+1. The molecule has 3 aromatic rings. The van der Waals surface area contributed by atoms with Gasteiger partial charge in [-0.15, -0.1) is 0 Å². The van der Waals surface area contributed by atoms with E-state index in [2.05, 4.69) is 10.4 Å². The fraction of sp³-hybridized carbons (Fsp3) is 0.258. The van der Waals surface area contributed by atoms with Gasteiger partial charge in [0.15, 0.2) is 13.8 Å². The van der Waals surface area contributed by atoms with Gasteiger partial charge < -0.3 is 14.5 Å². The van der Waals surface area contributed by atoms with E-state index in [0.717, 1.165) is 11.1 Å². The van der Waals surface area contributed by atoms with E-state index in [1.165, 1.54) is 0 Å². The summed E-state index contributed by atoms with van der Waals surface area (Å²) in [5.74, 6) is 1.75. The molecule has 10 heteroatoms. The number of thioether (sulfide) groups is 1. The number of nitrogens with zero attached hydrogens (tertiary/aromatic N) is 1. The average Bonchev–Trinajstić information content (AvgIpc) is 2.98. The zero-order valence-corrected chi connectivity index (χ0v) is 24.8. The molecule has 0 fully saturated rings. The Bertz CT molecular complexity index is 1350. The van der Waals surface area contributed by atoms with Gasteiger partial charge in [-0.3, -0.25) is 14.4 Å². The van der Waals surface area contributed by atoms with E-state index in [1.807, 2.05) is 74.5 Å². The average molecular weight is 599 g/mol. The first-order chi connectivity index (χ1) is 19.7. The van der Waals surface area contributed by atoms with Crippen LogP contribution in [0.15, 0.2) is 101 Å². The lowest BCUT2D eigenvalue weighted by Crippen LogP contribution is -2.54. The first-order valence-corrected chi connectivity index (χ1v) is 16.2. The fourth-order valence-corrected chi connectivity index (χ4v) is 6.96. The van der Waals surface area contributed by atoms with Crippen molar-refractivity contribution >= 4 is 42.2 Å². The number of alkyl halides is 2. The van der Waals surface area contributed by atoms with E-state index in [9.17, 15) is 18.1 Å². The minimum Gasteiger partial charge on any atom is -0.456 e. The number of halogens is 2. The Kier molecular flexibility index (Phi) is 10.6. The van der Waals surface area contributed by atoms with Crippen LogP contribution in [0.5, 0.6) is 0 Å². The third-order valence-electron chi connectivity index (χ3n) is 7.08. The summed E-state index contributed by atoms with van der Waals surface area (Å²) in [6, 6.07) is 25.6. The van der Waals surface area contributed by atoms with Gasteiger partial charge in [-0.05, 0) is 38.1 Å². The Hall–Kier alpha value is -3.23. The van der Waals surface area contributed by atoms with Crippen molar-refractivity contribution in [1.82, 2.24) is 5.09 Å². The number of carbonyl (C=O) groups is 1. The Morgan fingerprint density at radius 1 is 0.878 bits per heavy atom. The number of quaternary nitrogens is 1. The van der Waals surface area contributed by atoms with E-state index in [1.54, 1.807) is 35.9 Å². The number of anilines is 1. The van der Waals surface area contributed by atoms with Gasteiger partial charge in [0.05, 0.1) is 26.2 Å². The summed E-state index contributed by atoms with van der Waals surface area (Å²) in [7, 11) is -3.13. The lowest BCUT2D eigenvalue weighted by Gasteiger charge is -2.36. The van der Waals surface area contributed by atoms with E-state index in [-0.39, 0.29) is 12.5 Å². The summed E-state index contributed by atoms with van der Waals surface area (Å²) in [5, 5.41) is 6.16. The Morgan fingerprint density at radius 2 is 1.41 bits per heavy atom. The SMILES string of the molecule is CC[N+](CC)(CCNP1(=O)C=C(c2ccccc2)OC(c2ccccc2)=C1)CC(=O)Nc1ccc(SC(F)F)cc1. The number of hydrogen-bond acceptors (Lipinski definition) is 4. The molecule has 1 heterocycles. The van der Waals surface area contributed by atoms with Crippen LogP contribution in [-0.4, -0.2) is 48.9 Å². The number of amides is 1. The van der Waals surface area contributed by atoms with E-state index >= 15 is 0 Å². The monoisotopic (exact) mass is 598 g/mol. The smallest absolute Gasteiger partial charge is 0.288 e. The Labute approximate surface area is 244 Å². The van der Waals surface area contributed by atoms with Gasteiger partial charge in [-0.25, -0.2) is 0 Å². The largest absolute Gasteiger partial charge is 0.456 e. The minimum atomic E-state index is -3.13. The van der Waals surface area contributed by atoms with Crippen molar-refractivity contribution in [3.63, 3.8) is 0 Å². The second-order valence-corrected chi connectivity index (χ2v) is 13.1. The quantitative estimate of drug-likeness (QED) is 0.120. The normalized spacial score (nSPS) is 14.7. The van der Waals surface area contributed by atoms with Gasteiger partial charge in [-0.1, -0.05) is 72.4 Å². The van der Waals surface area contributed by atoms with Crippen molar-refractivity contribution in [2.45, 2.75) is 24.5 Å². The number of hydrogen-bond donors (Lipinski definition) is 2. The highest BCUT2D eigenvalue weighted by molar-refractivity contribution is 7.99. The molecule has 216 valence electrons. The molecule has 0 bridgehead atoms. The molecule has 0 aliphatic carbocycles. The van der Waals surface area contributed by atoms with Gasteiger partial charge >= 0.3 is 0 Å². The van der Waals surface area contributed by atoms with Crippen LogP contribution >= 0.6 is 19.1 Å². The van der Waals surface area contributed by atoms with Crippen molar-refractivity contribution in [2.24, 2.45) is 0 Å². The number of ether oxygens (including phenoxy) is 1. The second kappa shape index (κ2) is 14.1. The molecular weight excluding hydrogens is 563 g/mol. The number of nitrogens with one attached hydrogen (secondary N) is 2. The molecule has 0 saturated carbocycles. The first-order valence-electron chi connectivity index (χ1n) is 13.5. The van der Waals surface area contributed by atoms with Gasteiger partial charge in [0.1, 0.15) is 11.5 Å². The lowest BCUT2D eigenvalue weighted by atomic mass is 10.2. The molecule has 4 rings (SSSR count). The maximum Gasteiger partial charge on any atom is 0.288 e. The van der Waals surface area contributed by atoms with Crippen molar-refractivity contribution in [1.29, 1.82) is 0 Å². The van der Waals surface area contributed by atoms with Crippen LogP contribution < -0.4 is 10.4 Å². The fourth-order valence-electron chi connectivity index (χ4n) is 4.65. The number of benzene rings is 3. The molecule has 1 aliphatic rings. The van der Waals surface area contributed by atoms with Crippen LogP contribution in [0.1, 0.15) is 25.0 Å². The van der Waals surface area contributed by atoms with Gasteiger partial charge in [-0.2, -0.15) is 8.78 Å². The highest BCUT2D eigenvalue weighted by atomic mass is 32.2. The van der Waals surface area contributed by atoms with E-state index in [4.69, 9.17) is 4.74 Å². The molecule has 1 aliphatic heterocycles. The summed E-state index contributed by atoms with van der Waals surface area (Å²) < 4.78 is 46.0. The van der Waals surface area contributed by atoms with Crippen LogP contribution in [0.4, 0.5) is 14.5 Å². The zero-order chi connectivity index (χ0) is 29.3. The number of likely N-dealkylation sites (N-methyl/N-ethyl adjacent to an activating group) is 1. The van der Waals surface area contributed by atoms with Crippen molar-refractivity contribution in [3.05, 3.63) is 108 Å². The van der Waals surface area contributed by atoms with Crippen molar-refractivity contribution in [3.8, 4) is 0 Å². The Morgan fingerprint density at radius 3 is 1.90 bits per heavy atom. The topological polar surface area (TPSA) is 67.4 Å². The molecule has 0 unspecified atom stereocenters. The first kappa shape index (κ1) is 30.7. The number of rotatable bonds is 13. The van der Waals surface area contributed by atoms with E-state index < -0.39 is 13.1 Å². The predicted molar refractivity (Wildman–Crippen MR) is 164 cm³/mol. The zero-order valence-electron chi connectivity index (χ0n) is 23.1. The maximum absolute atomic E-state index is 14.1. The van der Waals surface area contributed by atoms with Crippen molar-refractivity contribution in [2.75, 3.05) is 38.0 Å². The molecule has 0 aromatic heterocycles. The molecule has 41 heavy (non-hydrogen) atoms. The third kappa shape index (κ3) is 8.63. The summed E-state index contributed by atoms with van der Waals surface area (Å²) in [4.78, 5) is 13.4. The maximum atomic E-state index is 14.1. The van der Waals surface area contributed by atoms with Gasteiger partial charge in [0.25, 0.3) is 11.7 Å². The van der Waals surface area contributed by atoms with Crippen LogP contribution in [-0.2, 0) is 14.1 Å². The van der Waals surface area contributed by atoms with Crippen molar-refractivity contribution < 1.29 is 27.4 Å².